The van der Waals surface area contributed by atoms with Gasteiger partial charge in [0.2, 0.25) is 5.91 Å². The second-order valence-electron chi connectivity index (χ2n) is 5.90. The molecule has 1 aliphatic heterocycles. The Morgan fingerprint density at radius 2 is 2.00 bits per heavy atom. The molecule has 1 rings (SSSR count). The molecule has 4 heteroatoms. The van der Waals surface area contributed by atoms with Crippen LogP contribution in [0.2, 0.25) is 0 Å². The lowest BCUT2D eigenvalue weighted by Gasteiger charge is -2.34. The third-order valence-electron chi connectivity index (χ3n) is 4.29. The van der Waals surface area contributed by atoms with E-state index in [9.17, 15) is 10.1 Å². The van der Waals surface area contributed by atoms with Crippen LogP contribution >= 0.6 is 0 Å². The smallest absolute Gasteiger partial charge is 0.240 e. The summed E-state index contributed by atoms with van der Waals surface area (Å²) in [6, 6.07) is 2.51. The van der Waals surface area contributed by atoms with Gasteiger partial charge in [0, 0.05) is 12.6 Å². The van der Waals surface area contributed by atoms with E-state index < -0.39 is 5.41 Å². The van der Waals surface area contributed by atoms with Crippen LogP contribution in [0, 0.1) is 16.7 Å². The molecule has 1 amide bonds. The summed E-state index contributed by atoms with van der Waals surface area (Å²) in [5, 5.41) is 12.7. The highest BCUT2D eigenvalue weighted by Crippen LogP contribution is 2.30. The van der Waals surface area contributed by atoms with Crippen LogP contribution in [0.3, 0.4) is 0 Å². The monoisotopic (exact) mass is 279 g/mol. The third kappa shape index (κ3) is 4.21. The lowest BCUT2D eigenvalue weighted by molar-refractivity contribution is -0.130. The zero-order valence-electron chi connectivity index (χ0n) is 13.2. The van der Waals surface area contributed by atoms with E-state index in [2.05, 4.69) is 23.2 Å². The fourth-order valence-corrected chi connectivity index (χ4v) is 3.15. The van der Waals surface area contributed by atoms with Crippen molar-refractivity contribution in [3.63, 3.8) is 0 Å². The highest BCUT2D eigenvalue weighted by molar-refractivity contribution is 5.85. The number of nitrogens with one attached hydrogen (secondary N) is 1. The molecule has 1 saturated heterocycles. The summed E-state index contributed by atoms with van der Waals surface area (Å²) in [6.07, 6.45) is 5.21. The van der Waals surface area contributed by atoms with Crippen molar-refractivity contribution in [2.24, 2.45) is 5.41 Å². The van der Waals surface area contributed by atoms with Crippen molar-refractivity contribution in [2.75, 3.05) is 19.6 Å². The second-order valence-corrected chi connectivity index (χ2v) is 5.90. The van der Waals surface area contributed by atoms with E-state index in [1.54, 1.807) is 0 Å². The molecule has 4 nitrogen and oxygen atoms in total. The molecule has 0 aromatic carbocycles. The molecule has 1 aliphatic rings. The van der Waals surface area contributed by atoms with Crippen LogP contribution in [0.4, 0.5) is 0 Å². The Morgan fingerprint density at radius 3 is 2.50 bits per heavy atom. The largest absolute Gasteiger partial charge is 0.351 e. The van der Waals surface area contributed by atoms with Crippen molar-refractivity contribution in [1.29, 1.82) is 5.26 Å². The summed E-state index contributed by atoms with van der Waals surface area (Å²) in [6.45, 7) is 9.29. The molecule has 1 atom stereocenters. The third-order valence-corrected chi connectivity index (χ3v) is 4.29. The Kier molecular flexibility index (Phi) is 7.01. The maximum absolute atomic E-state index is 12.6. The van der Waals surface area contributed by atoms with Gasteiger partial charge < -0.3 is 10.2 Å². The lowest BCUT2D eigenvalue weighted by atomic mass is 9.79. The van der Waals surface area contributed by atoms with Crippen molar-refractivity contribution in [3.05, 3.63) is 0 Å². The number of likely N-dealkylation sites (N-methyl/N-ethyl adjacent to an activating group) is 1. The fourth-order valence-electron chi connectivity index (χ4n) is 3.15. The van der Waals surface area contributed by atoms with Gasteiger partial charge >= 0.3 is 0 Å². The van der Waals surface area contributed by atoms with Crippen molar-refractivity contribution < 1.29 is 4.79 Å². The van der Waals surface area contributed by atoms with Gasteiger partial charge in [0.05, 0.1) is 6.07 Å². The zero-order valence-corrected chi connectivity index (χ0v) is 13.2. The van der Waals surface area contributed by atoms with Gasteiger partial charge in [0.1, 0.15) is 5.41 Å². The molecule has 0 aliphatic carbocycles. The molecule has 0 bridgehead atoms. The van der Waals surface area contributed by atoms with Gasteiger partial charge in [-0.15, -0.1) is 0 Å². The van der Waals surface area contributed by atoms with Gasteiger partial charge in [0.15, 0.2) is 0 Å². The molecular weight excluding hydrogens is 250 g/mol. The summed E-state index contributed by atoms with van der Waals surface area (Å²) in [4.78, 5) is 15.0. The number of carbonyl (C=O) groups is 1. The Labute approximate surface area is 123 Å². The summed E-state index contributed by atoms with van der Waals surface area (Å²) in [5.41, 5.74) is -0.821. The maximum Gasteiger partial charge on any atom is 0.240 e. The number of nitrogens with zero attached hydrogens (tertiary/aromatic N) is 2. The van der Waals surface area contributed by atoms with E-state index in [1.165, 1.54) is 0 Å². The van der Waals surface area contributed by atoms with E-state index >= 15 is 0 Å². The van der Waals surface area contributed by atoms with Gasteiger partial charge in [-0.05, 0) is 38.8 Å². The minimum atomic E-state index is -0.821. The van der Waals surface area contributed by atoms with Gasteiger partial charge in [-0.3, -0.25) is 4.79 Å². The molecule has 0 aromatic rings. The molecule has 1 heterocycles. The predicted molar refractivity (Wildman–Crippen MR) is 81.1 cm³/mol. The maximum atomic E-state index is 12.6. The number of likely N-dealkylation sites (tertiary alicyclic amines) is 1. The average Bonchev–Trinajstić information content (AvgIpc) is 2.47. The number of hydrogen-bond acceptors (Lipinski definition) is 3. The first kappa shape index (κ1) is 17.0. The van der Waals surface area contributed by atoms with E-state index in [0.29, 0.717) is 12.8 Å². The van der Waals surface area contributed by atoms with Gasteiger partial charge in [-0.2, -0.15) is 5.26 Å². The summed E-state index contributed by atoms with van der Waals surface area (Å²) in [5.74, 6) is -0.0494. The van der Waals surface area contributed by atoms with Crippen molar-refractivity contribution >= 4 is 5.91 Å². The molecule has 0 spiro atoms. The van der Waals surface area contributed by atoms with E-state index in [1.807, 2.05) is 13.8 Å². The Morgan fingerprint density at radius 1 is 1.35 bits per heavy atom. The zero-order chi connectivity index (χ0) is 15.0. The van der Waals surface area contributed by atoms with E-state index in [-0.39, 0.29) is 11.9 Å². The van der Waals surface area contributed by atoms with Gasteiger partial charge in [-0.25, -0.2) is 0 Å². The number of rotatable bonds is 7. The molecule has 0 aromatic heterocycles. The van der Waals surface area contributed by atoms with Crippen LogP contribution in [0.25, 0.3) is 0 Å². The topological polar surface area (TPSA) is 56.1 Å². The fraction of sp³-hybridized carbons (Fsp3) is 0.875. The quantitative estimate of drug-likeness (QED) is 0.779. The number of piperidine rings is 1. The second kappa shape index (κ2) is 8.26. The highest BCUT2D eigenvalue weighted by Gasteiger charge is 2.38. The molecule has 1 unspecified atom stereocenters. The molecule has 1 fully saturated rings. The summed E-state index contributed by atoms with van der Waals surface area (Å²) in [7, 11) is 0. The Bertz CT molecular complexity index is 342. The minimum absolute atomic E-state index is 0.0494. The van der Waals surface area contributed by atoms with Crippen molar-refractivity contribution in [3.8, 4) is 6.07 Å². The van der Waals surface area contributed by atoms with E-state index in [0.717, 1.165) is 45.3 Å². The Hall–Kier alpha value is -1.08. The van der Waals surface area contributed by atoms with Crippen LogP contribution < -0.4 is 5.32 Å². The van der Waals surface area contributed by atoms with Crippen LogP contribution in [-0.4, -0.2) is 36.5 Å². The summed E-state index contributed by atoms with van der Waals surface area (Å²) >= 11 is 0. The lowest BCUT2D eigenvalue weighted by Crippen LogP contribution is -2.51. The normalized spacial score (nSPS) is 20.4. The molecule has 20 heavy (non-hydrogen) atoms. The summed E-state index contributed by atoms with van der Waals surface area (Å²) < 4.78 is 0. The standard InChI is InChI=1S/C16H29N3O/c1-4-9-16(13-17,10-5-2)15(20)18-14-8-7-11-19(6-3)12-14/h14H,4-12H2,1-3H3,(H,18,20). The van der Waals surface area contributed by atoms with Crippen LogP contribution in [-0.2, 0) is 4.79 Å². The van der Waals surface area contributed by atoms with Crippen LogP contribution in [0.1, 0.15) is 59.3 Å². The number of nitriles is 1. The highest BCUT2D eigenvalue weighted by atomic mass is 16.2. The first-order chi connectivity index (χ1) is 9.61. The van der Waals surface area contributed by atoms with Gasteiger partial charge in [-0.1, -0.05) is 33.6 Å². The van der Waals surface area contributed by atoms with E-state index in [4.69, 9.17) is 0 Å². The first-order valence-electron chi connectivity index (χ1n) is 8.06. The van der Waals surface area contributed by atoms with Crippen LogP contribution in [0.5, 0.6) is 0 Å². The van der Waals surface area contributed by atoms with Crippen molar-refractivity contribution in [2.45, 2.75) is 65.3 Å². The Balaban J connectivity index is 2.68. The number of amides is 1. The van der Waals surface area contributed by atoms with Gasteiger partial charge in [0.25, 0.3) is 0 Å². The van der Waals surface area contributed by atoms with Crippen LogP contribution in [0.15, 0.2) is 0 Å². The molecule has 0 saturated carbocycles. The molecule has 1 N–H and O–H groups in total. The molecular formula is C16H29N3O. The number of carbonyl (C=O) groups excluding carboxylic acids is 1. The SMILES string of the molecule is CCCC(C#N)(CCC)C(=O)NC1CCCN(CC)C1. The number of hydrogen-bond donors (Lipinski definition) is 1. The first-order valence-corrected chi connectivity index (χ1v) is 8.06. The average molecular weight is 279 g/mol. The molecule has 114 valence electrons. The molecule has 0 radical (unpaired) electrons. The minimum Gasteiger partial charge on any atom is -0.351 e. The van der Waals surface area contributed by atoms with Crippen molar-refractivity contribution in [1.82, 2.24) is 10.2 Å². The predicted octanol–water partition coefficient (Wildman–Crippen LogP) is 2.70.